The van der Waals surface area contributed by atoms with Crippen LogP contribution in [0, 0.1) is 0 Å². The van der Waals surface area contributed by atoms with Crippen molar-refractivity contribution in [2.75, 3.05) is 17.5 Å². The number of anilines is 1. The third-order valence-corrected chi connectivity index (χ3v) is 6.36. The van der Waals surface area contributed by atoms with E-state index in [0.29, 0.717) is 37.4 Å². The molecule has 3 aromatic rings. The molecule has 0 fully saturated rings. The molecule has 2 N–H and O–H groups in total. The molecule has 172 valence electrons. The second-order valence-corrected chi connectivity index (χ2v) is 8.58. The number of alkyl halides is 3. The summed E-state index contributed by atoms with van der Waals surface area (Å²) in [4.78, 5) is 17.2. The van der Waals surface area contributed by atoms with Gasteiger partial charge in [0.15, 0.2) is 0 Å². The molecule has 4 heterocycles. The molecule has 0 saturated carbocycles. The quantitative estimate of drug-likeness (QED) is 0.545. The van der Waals surface area contributed by atoms with Gasteiger partial charge < -0.3 is 10.1 Å². The van der Waals surface area contributed by atoms with E-state index < -0.39 is 12.7 Å². The summed E-state index contributed by atoms with van der Waals surface area (Å²) < 4.78 is 47.2. The zero-order valence-corrected chi connectivity index (χ0v) is 17.9. The molecule has 0 radical (unpaired) electrons. The molecule has 9 nitrogen and oxygen atoms in total. The number of rotatable bonds is 5. The highest BCUT2D eigenvalue weighted by atomic mass is 32.2. The van der Waals surface area contributed by atoms with Gasteiger partial charge in [-0.15, -0.1) is 0 Å². The maximum absolute atomic E-state index is 12.9. The van der Waals surface area contributed by atoms with Crippen LogP contribution in [-0.4, -0.2) is 50.2 Å². The lowest BCUT2D eigenvalue weighted by molar-refractivity contribution is -0.142. The summed E-state index contributed by atoms with van der Waals surface area (Å²) in [5.74, 6) is 0.594. The number of halogens is 3. The summed E-state index contributed by atoms with van der Waals surface area (Å²) in [6.07, 6.45) is 0.337. The SMILES string of the molecule is O=C(NCc1ccc2c(c1)OCCC1=C2CN(c2ncnn2CC(F)(F)F)S1)c1cn[nH]c1. The molecule has 13 heteroatoms. The number of aromatic nitrogens is 5. The first-order valence-corrected chi connectivity index (χ1v) is 10.8. The van der Waals surface area contributed by atoms with E-state index in [-0.39, 0.29) is 11.9 Å². The number of fused-ring (bicyclic) bond motifs is 2. The van der Waals surface area contributed by atoms with Gasteiger partial charge in [-0.3, -0.25) is 14.2 Å². The van der Waals surface area contributed by atoms with Crippen LogP contribution in [0.3, 0.4) is 0 Å². The average molecular weight is 477 g/mol. The van der Waals surface area contributed by atoms with Crippen molar-refractivity contribution in [3.05, 3.63) is 58.5 Å². The molecule has 0 bridgehead atoms. The van der Waals surface area contributed by atoms with E-state index in [4.69, 9.17) is 4.74 Å². The Hall–Kier alpha value is -3.48. The van der Waals surface area contributed by atoms with Crippen molar-refractivity contribution in [1.82, 2.24) is 30.3 Å². The van der Waals surface area contributed by atoms with Gasteiger partial charge in [-0.2, -0.15) is 28.4 Å². The van der Waals surface area contributed by atoms with E-state index in [1.807, 2.05) is 18.2 Å². The average Bonchev–Trinajstić information content (AvgIpc) is 3.51. The number of H-pyrrole nitrogens is 1. The monoisotopic (exact) mass is 477 g/mol. The van der Waals surface area contributed by atoms with Crippen LogP contribution in [0.15, 0.2) is 41.8 Å². The lowest BCUT2D eigenvalue weighted by atomic mass is 10.0. The van der Waals surface area contributed by atoms with Crippen molar-refractivity contribution >= 4 is 29.4 Å². The molecule has 2 aliphatic rings. The van der Waals surface area contributed by atoms with Crippen molar-refractivity contribution in [3.63, 3.8) is 0 Å². The van der Waals surface area contributed by atoms with Gasteiger partial charge in [0, 0.05) is 29.6 Å². The van der Waals surface area contributed by atoms with Crippen molar-refractivity contribution in [3.8, 4) is 5.75 Å². The van der Waals surface area contributed by atoms with Gasteiger partial charge in [-0.1, -0.05) is 12.1 Å². The Balaban J connectivity index is 1.32. The lowest BCUT2D eigenvalue weighted by Gasteiger charge is -2.19. The minimum Gasteiger partial charge on any atom is -0.493 e. The predicted molar refractivity (Wildman–Crippen MR) is 114 cm³/mol. The van der Waals surface area contributed by atoms with E-state index in [2.05, 4.69) is 25.6 Å². The summed E-state index contributed by atoms with van der Waals surface area (Å²) in [7, 11) is 0. The molecule has 2 aromatic heterocycles. The van der Waals surface area contributed by atoms with Crippen LogP contribution in [0.1, 0.15) is 27.9 Å². The third-order valence-electron chi connectivity index (χ3n) is 5.18. The number of ether oxygens (including phenoxy) is 1. The standard InChI is InChI=1S/C20H18F3N7O2S/c21-20(22,23)10-29-19(25-11-28-29)30-9-15-14-2-1-12(5-16(14)32-4-3-17(15)33-30)6-24-18(31)13-7-26-27-8-13/h1-2,5,7-8,11H,3-4,6,9-10H2,(H,24,31)(H,26,27). The fourth-order valence-corrected chi connectivity index (χ4v) is 4.83. The van der Waals surface area contributed by atoms with Crippen LogP contribution < -0.4 is 14.4 Å². The highest BCUT2D eigenvalue weighted by molar-refractivity contribution is 8.04. The molecule has 2 aliphatic heterocycles. The first-order valence-electron chi connectivity index (χ1n) is 10.0. The first kappa shape index (κ1) is 21.4. The molecule has 0 aliphatic carbocycles. The van der Waals surface area contributed by atoms with Gasteiger partial charge in [0.1, 0.15) is 18.6 Å². The highest BCUT2D eigenvalue weighted by Gasteiger charge is 2.34. The van der Waals surface area contributed by atoms with E-state index >= 15 is 0 Å². The smallest absolute Gasteiger partial charge is 0.408 e. The molecule has 0 atom stereocenters. The van der Waals surface area contributed by atoms with Crippen LogP contribution in [0.2, 0.25) is 0 Å². The highest BCUT2D eigenvalue weighted by Crippen LogP contribution is 2.46. The van der Waals surface area contributed by atoms with Crippen molar-refractivity contribution < 1.29 is 22.7 Å². The van der Waals surface area contributed by atoms with Crippen LogP contribution in [-0.2, 0) is 13.1 Å². The van der Waals surface area contributed by atoms with Crippen molar-refractivity contribution in [2.24, 2.45) is 0 Å². The molecule has 0 spiro atoms. The molecule has 33 heavy (non-hydrogen) atoms. The minimum absolute atomic E-state index is 0.159. The van der Waals surface area contributed by atoms with Gasteiger partial charge >= 0.3 is 6.18 Å². The summed E-state index contributed by atoms with van der Waals surface area (Å²) >= 11 is 1.36. The molecule has 5 rings (SSSR count). The van der Waals surface area contributed by atoms with E-state index in [1.54, 1.807) is 4.31 Å². The van der Waals surface area contributed by atoms with E-state index in [1.165, 1.54) is 24.3 Å². The number of benzene rings is 1. The second-order valence-electron chi connectivity index (χ2n) is 7.46. The molecule has 0 saturated heterocycles. The molecule has 1 amide bonds. The fourth-order valence-electron chi connectivity index (χ4n) is 3.69. The number of carbonyl (C=O) groups excluding carboxylic acids is 1. The van der Waals surface area contributed by atoms with Gasteiger partial charge in [-0.05, 0) is 29.2 Å². The summed E-state index contributed by atoms with van der Waals surface area (Å²) in [6, 6.07) is 5.69. The Morgan fingerprint density at radius 3 is 3.00 bits per heavy atom. The normalized spacial score (nSPS) is 15.7. The van der Waals surface area contributed by atoms with E-state index in [0.717, 1.165) is 32.6 Å². The van der Waals surface area contributed by atoms with Crippen molar-refractivity contribution in [1.29, 1.82) is 0 Å². The number of carbonyl (C=O) groups is 1. The number of hydrogen-bond acceptors (Lipinski definition) is 7. The Morgan fingerprint density at radius 2 is 2.21 bits per heavy atom. The third kappa shape index (κ3) is 4.53. The summed E-state index contributed by atoms with van der Waals surface area (Å²) in [5.41, 5.74) is 3.17. The minimum atomic E-state index is -4.39. The van der Waals surface area contributed by atoms with Crippen LogP contribution in [0.5, 0.6) is 5.75 Å². The van der Waals surface area contributed by atoms with Crippen LogP contribution in [0.4, 0.5) is 19.1 Å². The second kappa shape index (κ2) is 8.46. The zero-order valence-electron chi connectivity index (χ0n) is 17.1. The Bertz CT molecular complexity index is 1210. The molecule has 0 unspecified atom stereocenters. The fraction of sp³-hybridized carbons (Fsp3) is 0.300. The Morgan fingerprint density at radius 1 is 1.33 bits per heavy atom. The number of amides is 1. The van der Waals surface area contributed by atoms with Gasteiger partial charge in [0.25, 0.3) is 5.91 Å². The van der Waals surface area contributed by atoms with Crippen molar-refractivity contribution in [2.45, 2.75) is 25.7 Å². The number of nitrogens with one attached hydrogen (secondary N) is 2. The summed E-state index contributed by atoms with van der Waals surface area (Å²) in [6.45, 7) is -0.0676. The largest absolute Gasteiger partial charge is 0.493 e. The predicted octanol–water partition coefficient (Wildman–Crippen LogP) is 3.16. The number of hydrogen-bond donors (Lipinski definition) is 2. The van der Waals surface area contributed by atoms with Gasteiger partial charge in [0.05, 0.1) is 24.9 Å². The lowest BCUT2D eigenvalue weighted by Crippen LogP contribution is -2.24. The number of aromatic amines is 1. The van der Waals surface area contributed by atoms with Gasteiger partial charge in [0.2, 0.25) is 5.95 Å². The van der Waals surface area contributed by atoms with Crippen LogP contribution >= 0.6 is 11.9 Å². The first-order chi connectivity index (χ1) is 15.9. The topological polar surface area (TPSA) is 101 Å². The number of nitrogens with zero attached hydrogens (tertiary/aromatic N) is 5. The summed E-state index contributed by atoms with van der Waals surface area (Å²) in [5, 5.41) is 12.9. The van der Waals surface area contributed by atoms with E-state index in [9.17, 15) is 18.0 Å². The molecular weight excluding hydrogens is 459 g/mol. The maximum Gasteiger partial charge on any atom is 0.408 e. The molecule has 1 aromatic carbocycles. The Labute approximate surface area is 190 Å². The molecular formula is C20H18F3N7O2S. The Kier molecular flexibility index (Phi) is 5.48. The zero-order chi connectivity index (χ0) is 23.0. The van der Waals surface area contributed by atoms with Gasteiger partial charge in [-0.25, -0.2) is 4.68 Å². The maximum atomic E-state index is 12.9. The van der Waals surface area contributed by atoms with Crippen LogP contribution in [0.25, 0.3) is 5.57 Å².